The number of halogens is 3. The summed E-state index contributed by atoms with van der Waals surface area (Å²) < 4.78 is 44.4. The molecule has 0 saturated carbocycles. The Morgan fingerprint density at radius 2 is 1.76 bits per heavy atom. The number of Topliss-reactive ketones (excluding diaryl/α,β-unsaturated/α-hetero) is 1. The summed E-state index contributed by atoms with van der Waals surface area (Å²) in [5.74, 6) is -2.24. The Morgan fingerprint density at radius 3 is 2.43 bits per heavy atom. The number of hydrogen-bond donors (Lipinski definition) is 0. The minimum absolute atomic E-state index is 0.0903. The fraction of sp³-hybridized carbons (Fsp3) is 0.133. The van der Waals surface area contributed by atoms with E-state index in [9.17, 15) is 18.0 Å². The Balaban J connectivity index is 2.13. The Morgan fingerprint density at radius 1 is 1.10 bits per heavy atom. The van der Waals surface area contributed by atoms with E-state index in [1.807, 2.05) is 0 Å². The van der Waals surface area contributed by atoms with Gasteiger partial charge in [0, 0.05) is 11.0 Å². The van der Waals surface area contributed by atoms with E-state index in [4.69, 9.17) is 4.74 Å². The van der Waals surface area contributed by atoms with E-state index in [0.29, 0.717) is 0 Å². The molecule has 0 heterocycles. The molecule has 0 saturated heterocycles. The second-order valence-corrected chi connectivity index (χ2v) is 5.15. The van der Waals surface area contributed by atoms with Gasteiger partial charge in [0.1, 0.15) is 23.2 Å². The van der Waals surface area contributed by atoms with Gasteiger partial charge >= 0.3 is 0 Å². The molecule has 21 heavy (non-hydrogen) atoms. The van der Waals surface area contributed by atoms with Gasteiger partial charge in [-0.3, -0.25) is 4.79 Å². The van der Waals surface area contributed by atoms with Crippen molar-refractivity contribution in [3.05, 3.63) is 59.4 Å². The van der Waals surface area contributed by atoms with Crippen molar-refractivity contribution in [3.63, 3.8) is 0 Å². The molecule has 6 heteroatoms. The fourth-order valence-electron chi connectivity index (χ4n) is 1.71. The summed E-state index contributed by atoms with van der Waals surface area (Å²) in [7, 11) is 1.37. The number of methoxy groups -OCH3 is 1. The van der Waals surface area contributed by atoms with Crippen molar-refractivity contribution in [3.8, 4) is 5.75 Å². The average Bonchev–Trinajstić information content (AvgIpc) is 2.46. The number of hydrogen-bond acceptors (Lipinski definition) is 3. The van der Waals surface area contributed by atoms with Gasteiger partial charge in [-0.05, 0) is 30.3 Å². The van der Waals surface area contributed by atoms with E-state index in [1.54, 1.807) is 0 Å². The highest BCUT2D eigenvalue weighted by Crippen LogP contribution is 2.26. The molecular weight excluding hydrogens is 301 g/mol. The van der Waals surface area contributed by atoms with Crippen molar-refractivity contribution in [2.45, 2.75) is 4.90 Å². The number of benzene rings is 2. The van der Waals surface area contributed by atoms with Gasteiger partial charge in [-0.25, -0.2) is 13.2 Å². The van der Waals surface area contributed by atoms with Gasteiger partial charge in [-0.15, -0.1) is 11.8 Å². The Labute approximate surface area is 123 Å². The van der Waals surface area contributed by atoms with Crippen LogP contribution in [0.15, 0.2) is 41.3 Å². The highest BCUT2D eigenvalue weighted by Gasteiger charge is 2.15. The summed E-state index contributed by atoms with van der Waals surface area (Å²) in [6, 6.07) is 6.72. The first-order valence-electron chi connectivity index (χ1n) is 5.96. The maximum absolute atomic E-state index is 13.5. The lowest BCUT2D eigenvalue weighted by Crippen LogP contribution is -2.06. The van der Waals surface area contributed by atoms with Crippen molar-refractivity contribution >= 4 is 17.5 Å². The molecule has 0 aliphatic carbocycles. The van der Waals surface area contributed by atoms with E-state index in [1.165, 1.54) is 25.3 Å². The van der Waals surface area contributed by atoms with Crippen LogP contribution >= 0.6 is 11.8 Å². The van der Waals surface area contributed by atoms with Crippen LogP contribution in [0.5, 0.6) is 5.75 Å². The van der Waals surface area contributed by atoms with Crippen LogP contribution in [0.25, 0.3) is 0 Å². The lowest BCUT2D eigenvalue weighted by atomic mass is 10.1. The number of ketones is 1. The van der Waals surface area contributed by atoms with Crippen LogP contribution in [0.1, 0.15) is 10.4 Å². The lowest BCUT2D eigenvalue weighted by molar-refractivity contribution is 0.101. The molecular formula is C15H11F3O2S. The maximum Gasteiger partial charge on any atom is 0.176 e. The maximum atomic E-state index is 13.5. The van der Waals surface area contributed by atoms with Crippen LogP contribution in [-0.4, -0.2) is 18.6 Å². The second-order valence-electron chi connectivity index (χ2n) is 4.13. The summed E-state index contributed by atoms with van der Waals surface area (Å²) in [5.41, 5.74) is 0.0903. The van der Waals surface area contributed by atoms with Gasteiger partial charge in [0.15, 0.2) is 5.78 Å². The predicted octanol–water partition coefficient (Wildman–Crippen LogP) is 4.09. The summed E-state index contributed by atoms with van der Waals surface area (Å²) in [6.07, 6.45) is 0. The summed E-state index contributed by atoms with van der Waals surface area (Å²) in [4.78, 5) is 12.2. The molecule has 0 aliphatic rings. The average molecular weight is 312 g/mol. The molecule has 2 nitrogen and oxygen atoms in total. The Kier molecular flexibility index (Phi) is 4.90. The molecule has 0 amide bonds. The van der Waals surface area contributed by atoms with Crippen LogP contribution in [0, 0.1) is 17.5 Å². The molecule has 110 valence electrons. The summed E-state index contributed by atoms with van der Waals surface area (Å²) >= 11 is 0.915. The molecule has 0 spiro atoms. The molecule has 0 N–H and O–H groups in total. The summed E-state index contributed by atoms with van der Waals surface area (Å²) in [6.45, 7) is 0. The first-order valence-corrected chi connectivity index (χ1v) is 6.94. The van der Waals surface area contributed by atoms with E-state index < -0.39 is 23.2 Å². The predicted molar refractivity (Wildman–Crippen MR) is 74.4 cm³/mol. The molecule has 2 aromatic rings. The van der Waals surface area contributed by atoms with Crippen molar-refractivity contribution in [2.75, 3.05) is 12.9 Å². The Bertz CT molecular complexity index is 674. The van der Waals surface area contributed by atoms with Crippen molar-refractivity contribution in [2.24, 2.45) is 0 Å². The number of thioether (sulfide) groups is 1. The third-order valence-corrected chi connectivity index (χ3v) is 3.76. The van der Waals surface area contributed by atoms with Crippen molar-refractivity contribution in [1.29, 1.82) is 0 Å². The van der Waals surface area contributed by atoms with Crippen LogP contribution in [0.3, 0.4) is 0 Å². The van der Waals surface area contributed by atoms with Crippen molar-refractivity contribution < 1.29 is 22.7 Å². The van der Waals surface area contributed by atoms with Crippen LogP contribution in [-0.2, 0) is 0 Å². The van der Waals surface area contributed by atoms with Gasteiger partial charge in [-0.2, -0.15) is 0 Å². The third kappa shape index (κ3) is 3.78. The standard InChI is InChI=1S/C15H11F3O2S/c1-20-14-4-2-9(16)6-11(14)13(19)8-21-15-5-3-10(17)7-12(15)18/h2-7H,8H2,1H3. The molecule has 0 bridgehead atoms. The first-order chi connectivity index (χ1) is 10.0. The molecule has 0 atom stereocenters. The Hall–Kier alpha value is -1.95. The van der Waals surface area contributed by atoms with Crippen LogP contribution < -0.4 is 4.74 Å². The van der Waals surface area contributed by atoms with E-state index in [2.05, 4.69) is 0 Å². The molecule has 2 aromatic carbocycles. The largest absolute Gasteiger partial charge is 0.496 e. The third-order valence-electron chi connectivity index (χ3n) is 2.71. The summed E-state index contributed by atoms with van der Waals surface area (Å²) in [5, 5.41) is 0. The number of ether oxygens (including phenoxy) is 1. The zero-order valence-corrected chi connectivity index (χ0v) is 11.8. The SMILES string of the molecule is COc1ccc(F)cc1C(=O)CSc1ccc(F)cc1F. The van der Waals surface area contributed by atoms with Crippen LogP contribution in [0.4, 0.5) is 13.2 Å². The fourth-order valence-corrected chi connectivity index (χ4v) is 2.51. The van der Waals surface area contributed by atoms with E-state index in [0.717, 1.165) is 30.0 Å². The van der Waals surface area contributed by atoms with Gasteiger partial charge < -0.3 is 4.74 Å². The number of rotatable bonds is 5. The molecule has 0 radical (unpaired) electrons. The first kappa shape index (κ1) is 15.4. The zero-order chi connectivity index (χ0) is 15.4. The number of carbonyl (C=O) groups is 1. The molecule has 0 aliphatic heterocycles. The highest BCUT2D eigenvalue weighted by molar-refractivity contribution is 8.00. The zero-order valence-electron chi connectivity index (χ0n) is 11.0. The minimum Gasteiger partial charge on any atom is -0.496 e. The lowest BCUT2D eigenvalue weighted by Gasteiger charge is -2.08. The van der Waals surface area contributed by atoms with Gasteiger partial charge in [0.05, 0.1) is 18.4 Å². The number of carbonyl (C=O) groups excluding carboxylic acids is 1. The van der Waals surface area contributed by atoms with Gasteiger partial charge in [0.25, 0.3) is 0 Å². The normalized spacial score (nSPS) is 10.5. The van der Waals surface area contributed by atoms with Gasteiger partial charge in [-0.1, -0.05) is 0 Å². The smallest absolute Gasteiger partial charge is 0.176 e. The minimum atomic E-state index is -0.737. The highest BCUT2D eigenvalue weighted by atomic mass is 32.2. The van der Waals surface area contributed by atoms with E-state index in [-0.39, 0.29) is 22.0 Å². The molecule has 0 unspecified atom stereocenters. The van der Waals surface area contributed by atoms with E-state index >= 15 is 0 Å². The van der Waals surface area contributed by atoms with Crippen LogP contribution in [0.2, 0.25) is 0 Å². The monoisotopic (exact) mass is 312 g/mol. The van der Waals surface area contributed by atoms with Crippen molar-refractivity contribution in [1.82, 2.24) is 0 Å². The van der Waals surface area contributed by atoms with Gasteiger partial charge in [0.2, 0.25) is 0 Å². The topological polar surface area (TPSA) is 26.3 Å². The molecule has 0 aromatic heterocycles. The molecule has 2 rings (SSSR count). The second kappa shape index (κ2) is 6.67. The quantitative estimate of drug-likeness (QED) is 0.614. The molecule has 0 fully saturated rings.